The maximum atomic E-state index is 12.7. The van der Waals surface area contributed by atoms with Gasteiger partial charge in [-0.1, -0.05) is 0 Å². The minimum absolute atomic E-state index is 0.00818. The third-order valence-electron chi connectivity index (χ3n) is 5.74. The van der Waals surface area contributed by atoms with Crippen LogP contribution in [0.1, 0.15) is 40.5 Å². The van der Waals surface area contributed by atoms with E-state index in [0.29, 0.717) is 6.54 Å². The molecule has 0 saturated carbocycles. The minimum atomic E-state index is -0.548. The predicted octanol–water partition coefficient (Wildman–Crippen LogP) is 0.353. The number of rotatable bonds is 6. The number of carbonyl (C=O) groups is 2. The van der Waals surface area contributed by atoms with Crippen molar-refractivity contribution in [2.45, 2.75) is 46.6 Å². The molecule has 2 heterocycles. The van der Waals surface area contributed by atoms with Gasteiger partial charge in [-0.05, 0) is 40.5 Å². The van der Waals surface area contributed by atoms with Crippen molar-refractivity contribution in [3.8, 4) is 0 Å². The van der Waals surface area contributed by atoms with Gasteiger partial charge in [0.2, 0.25) is 11.8 Å². The third-order valence-corrected chi connectivity index (χ3v) is 5.74. The highest BCUT2D eigenvalue weighted by Gasteiger charge is 2.31. The number of nitrogens with zero attached hydrogens (tertiary/aromatic N) is 4. The van der Waals surface area contributed by atoms with Gasteiger partial charge < -0.3 is 20.4 Å². The van der Waals surface area contributed by atoms with E-state index < -0.39 is 5.41 Å². The summed E-state index contributed by atoms with van der Waals surface area (Å²) in [5.41, 5.74) is -0.548. The Morgan fingerprint density at radius 1 is 1.04 bits per heavy atom. The molecule has 1 unspecified atom stereocenters. The monoisotopic (exact) mass is 394 g/mol. The van der Waals surface area contributed by atoms with Crippen LogP contribution in [0.15, 0.2) is 4.99 Å². The molecule has 2 amide bonds. The zero-order valence-electron chi connectivity index (χ0n) is 18.3. The lowest BCUT2D eigenvalue weighted by Gasteiger charge is -2.39. The molecule has 0 spiro atoms. The number of hydrogen-bond acceptors (Lipinski definition) is 4. The highest BCUT2D eigenvalue weighted by Crippen LogP contribution is 2.17. The molecule has 0 aromatic carbocycles. The second-order valence-electron chi connectivity index (χ2n) is 8.36. The van der Waals surface area contributed by atoms with Crippen molar-refractivity contribution >= 4 is 17.8 Å². The Labute approximate surface area is 169 Å². The summed E-state index contributed by atoms with van der Waals surface area (Å²) in [6.07, 6.45) is 2.25. The maximum Gasteiger partial charge on any atom is 0.239 e. The van der Waals surface area contributed by atoms with E-state index in [1.165, 1.54) is 0 Å². The molecule has 1 atom stereocenters. The van der Waals surface area contributed by atoms with Crippen molar-refractivity contribution < 1.29 is 9.59 Å². The standard InChI is InChI=1S/C20H38N6O2/c1-6-22-19(23-15-20(3,4)18(28)21-5)26-13-11-24(12-14-26)16(2)17(27)25-9-7-8-10-25/h16H,6-15H2,1-5H3,(H,21,28)(H,22,23). The fourth-order valence-corrected chi connectivity index (χ4v) is 3.79. The van der Waals surface area contributed by atoms with Crippen LogP contribution in [0.3, 0.4) is 0 Å². The lowest BCUT2D eigenvalue weighted by Crippen LogP contribution is -2.57. The number of guanidine groups is 1. The number of piperazine rings is 1. The Morgan fingerprint density at radius 2 is 1.64 bits per heavy atom. The topological polar surface area (TPSA) is 80.3 Å². The van der Waals surface area contributed by atoms with Crippen molar-refractivity contribution in [3.05, 3.63) is 0 Å². The van der Waals surface area contributed by atoms with Gasteiger partial charge in [0.1, 0.15) is 0 Å². The van der Waals surface area contributed by atoms with Crippen LogP contribution in [0.4, 0.5) is 0 Å². The van der Waals surface area contributed by atoms with Crippen molar-refractivity contribution in [2.24, 2.45) is 10.4 Å². The molecule has 2 rings (SSSR count). The third kappa shape index (κ3) is 5.59. The van der Waals surface area contributed by atoms with Crippen LogP contribution in [-0.2, 0) is 9.59 Å². The molecule has 2 fully saturated rings. The SMILES string of the molecule is CCNC(=NCC(C)(C)C(=O)NC)N1CCN(C(C)C(=O)N2CCCC2)CC1. The molecule has 28 heavy (non-hydrogen) atoms. The summed E-state index contributed by atoms with van der Waals surface area (Å²) in [6, 6.07) is -0.0630. The Hall–Kier alpha value is -1.83. The fraction of sp³-hybridized carbons (Fsp3) is 0.850. The summed E-state index contributed by atoms with van der Waals surface area (Å²) in [5.74, 6) is 1.10. The molecule has 2 N–H and O–H groups in total. The molecule has 2 aliphatic rings. The average Bonchev–Trinajstić information content (AvgIpc) is 3.24. The fourth-order valence-electron chi connectivity index (χ4n) is 3.79. The molecular weight excluding hydrogens is 356 g/mol. The van der Waals surface area contributed by atoms with Crippen LogP contribution in [0, 0.1) is 5.41 Å². The van der Waals surface area contributed by atoms with Crippen molar-refractivity contribution in [3.63, 3.8) is 0 Å². The minimum Gasteiger partial charge on any atom is -0.359 e. The molecule has 2 saturated heterocycles. The first-order valence-electron chi connectivity index (χ1n) is 10.6. The van der Waals surface area contributed by atoms with E-state index in [-0.39, 0.29) is 17.9 Å². The van der Waals surface area contributed by atoms with Crippen LogP contribution in [0.2, 0.25) is 0 Å². The Kier molecular flexibility index (Phi) is 8.10. The van der Waals surface area contributed by atoms with E-state index >= 15 is 0 Å². The smallest absolute Gasteiger partial charge is 0.239 e. The van der Waals surface area contributed by atoms with E-state index in [9.17, 15) is 9.59 Å². The van der Waals surface area contributed by atoms with Gasteiger partial charge in [0.15, 0.2) is 5.96 Å². The van der Waals surface area contributed by atoms with E-state index in [4.69, 9.17) is 4.99 Å². The molecule has 2 aliphatic heterocycles. The zero-order valence-corrected chi connectivity index (χ0v) is 18.3. The van der Waals surface area contributed by atoms with Gasteiger partial charge in [-0.25, -0.2) is 0 Å². The van der Waals surface area contributed by atoms with Crippen LogP contribution in [0.25, 0.3) is 0 Å². The van der Waals surface area contributed by atoms with Gasteiger partial charge in [-0.3, -0.25) is 19.5 Å². The molecule has 0 bridgehead atoms. The van der Waals surface area contributed by atoms with Crippen molar-refractivity contribution in [2.75, 3.05) is 59.4 Å². The molecule has 8 nitrogen and oxygen atoms in total. The number of carbonyl (C=O) groups excluding carboxylic acids is 2. The number of amides is 2. The van der Waals surface area contributed by atoms with Gasteiger partial charge in [-0.15, -0.1) is 0 Å². The van der Waals surface area contributed by atoms with Gasteiger partial charge in [0.05, 0.1) is 18.0 Å². The van der Waals surface area contributed by atoms with E-state index in [1.807, 2.05) is 32.6 Å². The highest BCUT2D eigenvalue weighted by molar-refractivity contribution is 5.84. The van der Waals surface area contributed by atoms with Gasteiger partial charge in [0, 0.05) is 52.9 Å². The number of hydrogen-bond donors (Lipinski definition) is 2. The summed E-state index contributed by atoms with van der Waals surface area (Å²) in [6.45, 7) is 14.2. The van der Waals surface area contributed by atoms with Crippen LogP contribution in [0.5, 0.6) is 0 Å². The summed E-state index contributed by atoms with van der Waals surface area (Å²) in [4.78, 5) is 35.9. The Morgan fingerprint density at radius 3 is 2.18 bits per heavy atom. The first-order valence-corrected chi connectivity index (χ1v) is 10.6. The second-order valence-corrected chi connectivity index (χ2v) is 8.36. The Bertz CT molecular complexity index is 563. The maximum absolute atomic E-state index is 12.7. The normalized spacial score (nSPS) is 20.2. The molecule has 160 valence electrons. The number of aliphatic imine (C=N–C) groups is 1. The van der Waals surface area contributed by atoms with Crippen LogP contribution >= 0.6 is 0 Å². The Balaban J connectivity index is 1.93. The summed E-state index contributed by atoms with van der Waals surface area (Å²) in [5, 5.41) is 6.05. The summed E-state index contributed by atoms with van der Waals surface area (Å²) < 4.78 is 0. The first-order chi connectivity index (χ1) is 13.3. The first kappa shape index (κ1) is 22.5. The molecule has 8 heteroatoms. The lowest BCUT2D eigenvalue weighted by atomic mass is 9.93. The van der Waals surface area contributed by atoms with Crippen LogP contribution in [-0.4, -0.2) is 97.9 Å². The quantitative estimate of drug-likeness (QED) is 0.502. The van der Waals surface area contributed by atoms with Gasteiger partial charge >= 0.3 is 0 Å². The second kappa shape index (κ2) is 10.1. The molecule has 0 radical (unpaired) electrons. The molecular formula is C20H38N6O2. The largest absolute Gasteiger partial charge is 0.359 e. The number of nitrogens with one attached hydrogen (secondary N) is 2. The molecule has 0 aromatic rings. The predicted molar refractivity (Wildman–Crippen MR) is 112 cm³/mol. The van der Waals surface area contributed by atoms with E-state index in [0.717, 1.165) is 64.6 Å². The highest BCUT2D eigenvalue weighted by atomic mass is 16.2. The number of likely N-dealkylation sites (tertiary alicyclic amines) is 1. The lowest BCUT2D eigenvalue weighted by molar-refractivity contribution is -0.135. The van der Waals surface area contributed by atoms with Crippen molar-refractivity contribution in [1.29, 1.82) is 0 Å². The van der Waals surface area contributed by atoms with Crippen LogP contribution < -0.4 is 10.6 Å². The van der Waals surface area contributed by atoms with Gasteiger partial charge in [-0.2, -0.15) is 0 Å². The van der Waals surface area contributed by atoms with E-state index in [1.54, 1.807) is 7.05 Å². The zero-order chi connectivity index (χ0) is 20.7. The summed E-state index contributed by atoms with van der Waals surface area (Å²) in [7, 11) is 1.66. The average molecular weight is 395 g/mol. The summed E-state index contributed by atoms with van der Waals surface area (Å²) >= 11 is 0. The van der Waals surface area contributed by atoms with Gasteiger partial charge in [0.25, 0.3) is 0 Å². The van der Waals surface area contributed by atoms with E-state index in [2.05, 4.69) is 20.4 Å². The molecule has 0 aliphatic carbocycles. The van der Waals surface area contributed by atoms with Crippen molar-refractivity contribution in [1.82, 2.24) is 25.3 Å². The molecule has 0 aromatic heterocycles.